The molecule has 0 radical (unpaired) electrons. The van der Waals surface area contributed by atoms with Crippen LogP contribution in [0.2, 0.25) is 5.02 Å². The van der Waals surface area contributed by atoms with Crippen molar-refractivity contribution in [2.75, 3.05) is 5.73 Å². The van der Waals surface area contributed by atoms with Crippen LogP contribution in [-0.4, -0.2) is 5.91 Å². The highest BCUT2D eigenvalue weighted by atomic mass is 35.5. The van der Waals surface area contributed by atoms with Crippen LogP contribution in [0.5, 0.6) is 0 Å². The van der Waals surface area contributed by atoms with E-state index in [1.165, 1.54) is 0 Å². The minimum absolute atomic E-state index is 0.0915. The van der Waals surface area contributed by atoms with E-state index in [1.807, 2.05) is 19.1 Å². The topological polar surface area (TPSA) is 55.1 Å². The van der Waals surface area contributed by atoms with E-state index < -0.39 is 0 Å². The molecule has 2 aromatic carbocycles. The fraction of sp³-hybridized carbons (Fsp3) is 0.133. The predicted molar refractivity (Wildman–Crippen MR) is 78.2 cm³/mol. The van der Waals surface area contributed by atoms with Gasteiger partial charge in [0.15, 0.2) is 0 Å². The lowest BCUT2D eigenvalue weighted by Gasteiger charge is -2.14. The first-order valence-corrected chi connectivity index (χ1v) is 6.36. The summed E-state index contributed by atoms with van der Waals surface area (Å²) in [5.41, 5.74) is 7.79. The van der Waals surface area contributed by atoms with Gasteiger partial charge >= 0.3 is 0 Å². The molecule has 3 nitrogen and oxygen atoms in total. The van der Waals surface area contributed by atoms with Crippen molar-refractivity contribution in [2.45, 2.75) is 13.0 Å². The van der Waals surface area contributed by atoms with Crippen LogP contribution in [0.15, 0.2) is 48.5 Å². The average Bonchev–Trinajstić information content (AvgIpc) is 2.39. The van der Waals surface area contributed by atoms with Gasteiger partial charge < -0.3 is 11.1 Å². The predicted octanol–water partition coefficient (Wildman–Crippen LogP) is 3.41. The van der Waals surface area contributed by atoms with Gasteiger partial charge in [-0.05, 0) is 42.8 Å². The van der Waals surface area contributed by atoms with E-state index in [0.717, 1.165) is 5.56 Å². The molecular weight excluding hydrogens is 260 g/mol. The largest absolute Gasteiger partial charge is 0.399 e. The smallest absolute Gasteiger partial charge is 0.251 e. The number of hydrogen-bond donors (Lipinski definition) is 2. The second-order valence-corrected chi connectivity index (χ2v) is 4.81. The first-order valence-electron chi connectivity index (χ1n) is 5.98. The van der Waals surface area contributed by atoms with Crippen molar-refractivity contribution < 1.29 is 4.79 Å². The molecule has 0 aliphatic rings. The molecule has 3 N–H and O–H groups in total. The highest BCUT2D eigenvalue weighted by Crippen LogP contribution is 2.17. The van der Waals surface area contributed by atoms with Gasteiger partial charge in [-0.3, -0.25) is 4.79 Å². The van der Waals surface area contributed by atoms with Crippen LogP contribution in [0.1, 0.15) is 28.9 Å². The van der Waals surface area contributed by atoms with Crippen LogP contribution in [-0.2, 0) is 0 Å². The SMILES string of the molecule is CC(NC(=O)c1cccc(N)c1)c1ccc(Cl)cc1. The molecule has 0 aromatic heterocycles. The molecule has 19 heavy (non-hydrogen) atoms. The van der Waals surface area contributed by atoms with Crippen LogP contribution < -0.4 is 11.1 Å². The lowest BCUT2D eigenvalue weighted by Crippen LogP contribution is -2.26. The van der Waals surface area contributed by atoms with Gasteiger partial charge in [0.05, 0.1) is 6.04 Å². The van der Waals surface area contributed by atoms with Crippen molar-refractivity contribution in [2.24, 2.45) is 0 Å². The summed E-state index contributed by atoms with van der Waals surface area (Å²) in [5, 5.41) is 3.60. The van der Waals surface area contributed by atoms with E-state index >= 15 is 0 Å². The van der Waals surface area contributed by atoms with Gasteiger partial charge in [0.2, 0.25) is 0 Å². The van der Waals surface area contributed by atoms with Gasteiger partial charge in [-0.2, -0.15) is 0 Å². The van der Waals surface area contributed by atoms with Crippen LogP contribution in [0, 0.1) is 0 Å². The zero-order valence-corrected chi connectivity index (χ0v) is 11.3. The Bertz CT molecular complexity index is 581. The summed E-state index contributed by atoms with van der Waals surface area (Å²) in [7, 11) is 0. The van der Waals surface area contributed by atoms with Crippen molar-refractivity contribution in [1.29, 1.82) is 0 Å². The summed E-state index contributed by atoms with van der Waals surface area (Å²) in [6.45, 7) is 1.92. The Balaban J connectivity index is 2.08. The van der Waals surface area contributed by atoms with Crippen LogP contribution in [0.25, 0.3) is 0 Å². The van der Waals surface area contributed by atoms with Gasteiger partial charge in [0.1, 0.15) is 0 Å². The minimum atomic E-state index is -0.144. The van der Waals surface area contributed by atoms with Crippen molar-refractivity contribution in [3.8, 4) is 0 Å². The van der Waals surface area contributed by atoms with Gasteiger partial charge in [-0.25, -0.2) is 0 Å². The van der Waals surface area contributed by atoms with E-state index in [9.17, 15) is 4.79 Å². The molecule has 0 spiro atoms. The van der Waals surface area contributed by atoms with E-state index in [-0.39, 0.29) is 11.9 Å². The summed E-state index contributed by atoms with van der Waals surface area (Å²) in [5.74, 6) is -0.144. The normalized spacial score (nSPS) is 11.9. The van der Waals surface area contributed by atoms with Gasteiger partial charge in [-0.15, -0.1) is 0 Å². The molecule has 0 aliphatic heterocycles. The number of hydrogen-bond acceptors (Lipinski definition) is 2. The Hall–Kier alpha value is -2.00. The maximum Gasteiger partial charge on any atom is 0.251 e. The Labute approximate surface area is 117 Å². The third kappa shape index (κ3) is 3.48. The molecule has 2 aromatic rings. The summed E-state index contributed by atoms with van der Waals surface area (Å²) < 4.78 is 0. The summed E-state index contributed by atoms with van der Waals surface area (Å²) in [6, 6.07) is 14.2. The molecule has 1 unspecified atom stereocenters. The molecule has 98 valence electrons. The Morgan fingerprint density at radius 1 is 1.21 bits per heavy atom. The summed E-state index contributed by atoms with van der Waals surface area (Å²) >= 11 is 5.83. The third-order valence-corrected chi connectivity index (χ3v) is 3.12. The molecular formula is C15H15ClN2O. The molecule has 2 rings (SSSR count). The lowest BCUT2D eigenvalue weighted by atomic mass is 10.1. The number of anilines is 1. The van der Waals surface area contributed by atoms with Gasteiger partial charge in [0.25, 0.3) is 5.91 Å². The van der Waals surface area contributed by atoms with Crippen molar-refractivity contribution in [1.82, 2.24) is 5.32 Å². The fourth-order valence-corrected chi connectivity index (χ4v) is 1.92. The van der Waals surface area contributed by atoms with Crippen LogP contribution in [0.3, 0.4) is 0 Å². The second kappa shape index (κ2) is 5.76. The molecule has 0 saturated carbocycles. The van der Waals surface area contributed by atoms with Crippen molar-refractivity contribution in [3.05, 3.63) is 64.7 Å². The number of carbonyl (C=O) groups excluding carboxylic acids is 1. The first kappa shape index (κ1) is 13.4. The first-order chi connectivity index (χ1) is 9.06. The van der Waals surface area contributed by atoms with Crippen LogP contribution in [0.4, 0.5) is 5.69 Å². The van der Waals surface area contributed by atoms with E-state index in [2.05, 4.69) is 5.32 Å². The second-order valence-electron chi connectivity index (χ2n) is 4.37. The molecule has 4 heteroatoms. The molecule has 1 amide bonds. The highest BCUT2D eigenvalue weighted by Gasteiger charge is 2.11. The minimum Gasteiger partial charge on any atom is -0.399 e. The maximum absolute atomic E-state index is 12.1. The lowest BCUT2D eigenvalue weighted by molar-refractivity contribution is 0.0940. The number of nitrogens with one attached hydrogen (secondary N) is 1. The standard InChI is InChI=1S/C15H15ClN2O/c1-10(11-5-7-13(16)8-6-11)18-15(19)12-3-2-4-14(17)9-12/h2-10H,17H2,1H3,(H,18,19). The van der Waals surface area contributed by atoms with Crippen molar-refractivity contribution >= 4 is 23.2 Å². The molecule has 0 aliphatic carbocycles. The molecule has 0 fully saturated rings. The molecule has 1 atom stereocenters. The van der Waals surface area contributed by atoms with E-state index in [4.69, 9.17) is 17.3 Å². The number of nitrogens with two attached hydrogens (primary N) is 1. The molecule has 0 heterocycles. The third-order valence-electron chi connectivity index (χ3n) is 2.87. The molecule has 0 saturated heterocycles. The number of nitrogen functional groups attached to an aromatic ring is 1. The number of benzene rings is 2. The monoisotopic (exact) mass is 274 g/mol. The van der Waals surface area contributed by atoms with E-state index in [0.29, 0.717) is 16.3 Å². The van der Waals surface area contributed by atoms with Gasteiger partial charge in [-0.1, -0.05) is 29.8 Å². The average molecular weight is 275 g/mol. The van der Waals surface area contributed by atoms with E-state index in [1.54, 1.807) is 36.4 Å². The quantitative estimate of drug-likeness (QED) is 0.843. The summed E-state index contributed by atoms with van der Waals surface area (Å²) in [6.07, 6.45) is 0. The Morgan fingerprint density at radius 3 is 2.53 bits per heavy atom. The number of amides is 1. The number of halogens is 1. The number of carbonyl (C=O) groups is 1. The highest BCUT2D eigenvalue weighted by molar-refractivity contribution is 6.30. The van der Waals surface area contributed by atoms with Gasteiger partial charge in [0, 0.05) is 16.3 Å². The van der Waals surface area contributed by atoms with Crippen LogP contribution >= 0.6 is 11.6 Å². The zero-order chi connectivity index (χ0) is 13.8. The molecule has 0 bridgehead atoms. The zero-order valence-electron chi connectivity index (χ0n) is 10.6. The van der Waals surface area contributed by atoms with Crippen molar-refractivity contribution in [3.63, 3.8) is 0 Å². The fourth-order valence-electron chi connectivity index (χ4n) is 1.79. The number of rotatable bonds is 3. The Morgan fingerprint density at radius 2 is 1.89 bits per heavy atom. The summed E-state index contributed by atoms with van der Waals surface area (Å²) in [4.78, 5) is 12.1. The maximum atomic E-state index is 12.1. The Kier molecular flexibility index (Phi) is 4.07.